The van der Waals surface area contributed by atoms with E-state index in [1.54, 1.807) is 0 Å². The molecule has 4 nitrogen and oxygen atoms in total. The monoisotopic (exact) mass is 264 g/mol. The van der Waals surface area contributed by atoms with Gasteiger partial charge in [-0.1, -0.05) is 26.7 Å². The van der Waals surface area contributed by atoms with Gasteiger partial charge in [-0.05, 0) is 18.8 Å². The Bertz CT molecular complexity index is 219. The van der Waals surface area contributed by atoms with Crippen LogP contribution in [0.3, 0.4) is 0 Å². The predicted octanol–water partition coefficient (Wildman–Crippen LogP) is 1.07. The van der Waals surface area contributed by atoms with Crippen molar-refractivity contribution in [1.82, 2.24) is 10.6 Å². The third-order valence-electron chi connectivity index (χ3n) is 3.23. The van der Waals surface area contributed by atoms with E-state index in [4.69, 9.17) is 0 Å². The molecule has 1 amide bonds. The normalized spacial score (nSPS) is 16.5. The summed E-state index contributed by atoms with van der Waals surface area (Å²) >= 11 is 0. The minimum Gasteiger partial charge on any atom is -0.391 e. The van der Waals surface area contributed by atoms with Gasteiger partial charge in [-0.15, -0.1) is 12.4 Å². The minimum absolute atomic E-state index is 0. The molecular formula is C12H25ClN2O2. The van der Waals surface area contributed by atoms with Crippen molar-refractivity contribution in [2.45, 2.75) is 51.7 Å². The number of halogens is 1. The van der Waals surface area contributed by atoms with Gasteiger partial charge in [-0.25, -0.2) is 0 Å². The Morgan fingerprint density at radius 1 is 1.35 bits per heavy atom. The van der Waals surface area contributed by atoms with Gasteiger partial charge in [0.25, 0.3) is 0 Å². The van der Waals surface area contributed by atoms with E-state index in [0.29, 0.717) is 19.1 Å². The van der Waals surface area contributed by atoms with Crippen LogP contribution in [-0.4, -0.2) is 36.2 Å². The van der Waals surface area contributed by atoms with Crippen LogP contribution < -0.4 is 10.6 Å². The first-order valence-electron chi connectivity index (χ1n) is 6.35. The lowest BCUT2D eigenvalue weighted by Gasteiger charge is -2.20. The summed E-state index contributed by atoms with van der Waals surface area (Å²) in [6, 6.07) is 0.551. The van der Waals surface area contributed by atoms with E-state index in [2.05, 4.69) is 24.5 Å². The molecule has 3 N–H and O–H groups in total. The summed E-state index contributed by atoms with van der Waals surface area (Å²) in [5.74, 6) is 0.272. The van der Waals surface area contributed by atoms with Crippen molar-refractivity contribution in [2.24, 2.45) is 5.92 Å². The molecule has 1 unspecified atom stereocenters. The molecule has 0 bridgehead atoms. The zero-order valence-corrected chi connectivity index (χ0v) is 11.6. The molecule has 1 saturated carbocycles. The second-order valence-electron chi connectivity index (χ2n) is 4.60. The van der Waals surface area contributed by atoms with E-state index in [1.165, 1.54) is 12.8 Å². The first kappa shape index (κ1) is 16.7. The molecule has 0 aromatic heterocycles. The number of amides is 1. The number of carbonyl (C=O) groups is 1. The molecule has 17 heavy (non-hydrogen) atoms. The maximum Gasteiger partial charge on any atom is 0.234 e. The van der Waals surface area contributed by atoms with Crippen LogP contribution in [0.15, 0.2) is 0 Å². The molecule has 0 aliphatic heterocycles. The highest BCUT2D eigenvalue weighted by atomic mass is 35.5. The Hall–Kier alpha value is -0.320. The molecule has 1 fully saturated rings. The summed E-state index contributed by atoms with van der Waals surface area (Å²) in [7, 11) is 0. The second-order valence-corrected chi connectivity index (χ2v) is 4.60. The third kappa shape index (κ3) is 6.86. The standard InChI is InChI=1S/C12H24N2O2.ClH/c1-3-9(4-2)11(15)7-14-12(16)8-13-10-5-6-10;/h9-11,13,15H,3-8H2,1-2H3,(H,14,16);1H. The van der Waals surface area contributed by atoms with Gasteiger partial charge >= 0.3 is 0 Å². The number of rotatable bonds is 8. The molecule has 1 atom stereocenters. The summed E-state index contributed by atoms with van der Waals surface area (Å²) in [4.78, 5) is 11.4. The van der Waals surface area contributed by atoms with Gasteiger partial charge in [-0.3, -0.25) is 4.79 Å². The van der Waals surface area contributed by atoms with Gasteiger partial charge < -0.3 is 15.7 Å². The van der Waals surface area contributed by atoms with Crippen LogP contribution in [0, 0.1) is 5.92 Å². The lowest BCUT2D eigenvalue weighted by Crippen LogP contribution is -2.40. The Kier molecular flexibility index (Phi) is 8.56. The smallest absolute Gasteiger partial charge is 0.234 e. The summed E-state index contributed by atoms with van der Waals surface area (Å²) in [5.41, 5.74) is 0. The van der Waals surface area contributed by atoms with E-state index in [-0.39, 0.29) is 24.2 Å². The topological polar surface area (TPSA) is 61.4 Å². The van der Waals surface area contributed by atoms with E-state index in [1.807, 2.05) is 0 Å². The van der Waals surface area contributed by atoms with Gasteiger partial charge in [0.15, 0.2) is 0 Å². The summed E-state index contributed by atoms with van der Waals surface area (Å²) < 4.78 is 0. The highest BCUT2D eigenvalue weighted by molar-refractivity contribution is 5.85. The van der Waals surface area contributed by atoms with Crippen molar-refractivity contribution < 1.29 is 9.90 Å². The van der Waals surface area contributed by atoms with Crippen molar-refractivity contribution in [3.63, 3.8) is 0 Å². The van der Waals surface area contributed by atoms with Crippen LogP contribution >= 0.6 is 12.4 Å². The molecule has 1 aliphatic rings. The Balaban J connectivity index is 0.00000256. The van der Waals surface area contributed by atoms with Crippen molar-refractivity contribution in [3.05, 3.63) is 0 Å². The van der Waals surface area contributed by atoms with Crippen LogP contribution in [0.5, 0.6) is 0 Å². The number of hydrogen-bond acceptors (Lipinski definition) is 3. The third-order valence-corrected chi connectivity index (χ3v) is 3.23. The Morgan fingerprint density at radius 3 is 2.41 bits per heavy atom. The molecule has 0 aromatic carbocycles. The largest absolute Gasteiger partial charge is 0.391 e. The Morgan fingerprint density at radius 2 is 1.94 bits per heavy atom. The van der Waals surface area contributed by atoms with Crippen molar-refractivity contribution >= 4 is 18.3 Å². The van der Waals surface area contributed by atoms with Crippen LogP contribution in [0.4, 0.5) is 0 Å². The first-order valence-corrected chi connectivity index (χ1v) is 6.35. The van der Waals surface area contributed by atoms with Gasteiger partial charge in [-0.2, -0.15) is 0 Å². The fourth-order valence-corrected chi connectivity index (χ4v) is 1.80. The zero-order chi connectivity index (χ0) is 12.0. The lowest BCUT2D eigenvalue weighted by atomic mass is 9.96. The van der Waals surface area contributed by atoms with Gasteiger partial charge in [0.2, 0.25) is 5.91 Å². The van der Waals surface area contributed by atoms with E-state index in [9.17, 15) is 9.90 Å². The number of carbonyl (C=O) groups excluding carboxylic acids is 1. The lowest BCUT2D eigenvalue weighted by molar-refractivity contribution is -0.120. The van der Waals surface area contributed by atoms with Gasteiger partial charge in [0.1, 0.15) is 0 Å². The highest BCUT2D eigenvalue weighted by Crippen LogP contribution is 2.17. The van der Waals surface area contributed by atoms with Crippen LogP contribution in [0.25, 0.3) is 0 Å². The fourth-order valence-electron chi connectivity index (χ4n) is 1.80. The van der Waals surface area contributed by atoms with E-state index >= 15 is 0 Å². The summed E-state index contributed by atoms with van der Waals surface area (Å²) in [6.07, 6.45) is 3.86. The number of aliphatic hydroxyl groups excluding tert-OH is 1. The highest BCUT2D eigenvalue weighted by Gasteiger charge is 2.21. The van der Waals surface area contributed by atoms with E-state index < -0.39 is 6.10 Å². The molecule has 0 aromatic rings. The maximum absolute atomic E-state index is 11.4. The molecular weight excluding hydrogens is 240 g/mol. The average Bonchev–Trinajstić information content (AvgIpc) is 3.09. The molecule has 1 rings (SSSR count). The first-order chi connectivity index (χ1) is 7.67. The van der Waals surface area contributed by atoms with Crippen LogP contribution in [0.2, 0.25) is 0 Å². The van der Waals surface area contributed by atoms with E-state index in [0.717, 1.165) is 12.8 Å². The molecule has 0 heterocycles. The van der Waals surface area contributed by atoms with Crippen LogP contribution in [-0.2, 0) is 4.79 Å². The second kappa shape index (κ2) is 8.72. The van der Waals surface area contributed by atoms with Gasteiger partial charge in [0, 0.05) is 12.6 Å². The molecule has 5 heteroatoms. The zero-order valence-electron chi connectivity index (χ0n) is 10.7. The molecule has 1 aliphatic carbocycles. The summed E-state index contributed by atoms with van der Waals surface area (Å²) in [5, 5.41) is 15.7. The number of hydrogen-bond donors (Lipinski definition) is 3. The van der Waals surface area contributed by atoms with Crippen molar-refractivity contribution in [1.29, 1.82) is 0 Å². The van der Waals surface area contributed by atoms with Crippen molar-refractivity contribution in [3.8, 4) is 0 Å². The molecule has 0 radical (unpaired) electrons. The summed E-state index contributed by atoms with van der Waals surface area (Å²) in [6.45, 7) is 4.87. The fraction of sp³-hybridized carbons (Fsp3) is 0.917. The quantitative estimate of drug-likeness (QED) is 0.615. The SMILES string of the molecule is CCC(CC)C(O)CNC(=O)CNC1CC1.Cl. The van der Waals surface area contributed by atoms with Gasteiger partial charge in [0.05, 0.1) is 12.6 Å². The Labute approximate surface area is 110 Å². The molecule has 102 valence electrons. The molecule has 0 saturated heterocycles. The number of aliphatic hydroxyl groups is 1. The average molecular weight is 265 g/mol. The maximum atomic E-state index is 11.4. The number of nitrogens with one attached hydrogen (secondary N) is 2. The van der Waals surface area contributed by atoms with Crippen molar-refractivity contribution in [2.75, 3.05) is 13.1 Å². The van der Waals surface area contributed by atoms with Crippen LogP contribution in [0.1, 0.15) is 39.5 Å². The molecule has 0 spiro atoms. The predicted molar refractivity (Wildman–Crippen MR) is 71.4 cm³/mol. The minimum atomic E-state index is -0.417.